The number of methoxy groups -OCH3 is 1. The molecule has 3 nitrogen and oxygen atoms in total. The number of ether oxygens (including phenoxy) is 1. The zero-order valence-corrected chi connectivity index (χ0v) is 11.2. The van der Waals surface area contributed by atoms with E-state index in [-0.39, 0.29) is 0 Å². The lowest BCUT2D eigenvalue weighted by molar-refractivity contribution is 0.185. The number of hydrogen-bond donors (Lipinski definition) is 2. The van der Waals surface area contributed by atoms with E-state index in [2.05, 4.69) is 29.6 Å². The molecule has 0 bridgehead atoms. The first-order chi connectivity index (χ1) is 8.78. The summed E-state index contributed by atoms with van der Waals surface area (Å²) >= 11 is 0. The van der Waals surface area contributed by atoms with Crippen LogP contribution in [-0.4, -0.2) is 19.2 Å². The highest BCUT2D eigenvalue weighted by atomic mass is 16.5. The van der Waals surface area contributed by atoms with Crippen LogP contribution in [0.2, 0.25) is 0 Å². The van der Waals surface area contributed by atoms with E-state index in [0.717, 1.165) is 19.4 Å². The molecule has 0 unspecified atom stereocenters. The quantitative estimate of drug-likeness (QED) is 0.839. The van der Waals surface area contributed by atoms with E-state index in [0.29, 0.717) is 18.7 Å². The van der Waals surface area contributed by atoms with Crippen LogP contribution in [0.4, 0.5) is 0 Å². The van der Waals surface area contributed by atoms with Gasteiger partial charge in [-0.05, 0) is 36.8 Å². The van der Waals surface area contributed by atoms with Crippen molar-refractivity contribution in [1.29, 1.82) is 0 Å². The van der Waals surface area contributed by atoms with Crippen molar-refractivity contribution in [2.24, 2.45) is 5.73 Å². The van der Waals surface area contributed by atoms with Crippen molar-refractivity contribution in [3.8, 4) is 0 Å². The summed E-state index contributed by atoms with van der Waals surface area (Å²) in [5.74, 6) is 0. The molecule has 0 spiro atoms. The van der Waals surface area contributed by atoms with Gasteiger partial charge in [0.15, 0.2) is 0 Å². The number of hydrogen-bond acceptors (Lipinski definition) is 3. The third-order valence-corrected chi connectivity index (χ3v) is 3.70. The lowest BCUT2D eigenvalue weighted by atomic mass is 9.92. The van der Waals surface area contributed by atoms with Gasteiger partial charge in [0.2, 0.25) is 0 Å². The lowest BCUT2D eigenvalue weighted by Crippen LogP contribution is -2.37. The summed E-state index contributed by atoms with van der Waals surface area (Å²) in [6, 6.07) is 9.69. The minimum Gasteiger partial charge on any atom is -0.380 e. The first-order valence-corrected chi connectivity index (χ1v) is 6.83. The number of rotatable bonds is 5. The Labute approximate surface area is 110 Å². The monoisotopic (exact) mass is 248 g/mol. The van der Waals surface area contributed by atoms with Crippen molar-refractivity contribution in [2.75, 3.05) is 7.11 Å². The Morgan fingerprint density at radius 3 is 2.33 bits per heavy atom. The largest absolute Gasteiger partial charge is 0.380 e. The lowest BCUT2D eigenvalue weighted by Gasteiger charge is -2.27. The van der Waals surface area contributed by atoms with Crippen molar-refractivity contribution in [2.45, 2.75) is 50.9 Å². The van der Waals surface area contributed by atoms with Crippen molar-refractivity contribution in [3.05, 3.63) is 35.4 Å². The molecule has 1 aliphatic rings. The molecule has 0 aliphatic heterocycles. The van der Waals surface area contributed by atoms with Gasteiger partial charge in [-0.3, -0.25) is 0 Å². The van der Waals surface area contributed by atoms with Crippen molar-refractivity contribution < 1.29 is 4.74 Å². The summed E-state index contributed by atoms with van der Waals surface area (Å²) in [4.78, 5) is 0. The van der Waals surface area contributed by atoms with Crippen LogP contribution in [-0.2, 0) is 17.9 Å². The Bertz CT molecular complexity index is 342. The molecular formula is C15H24N2O. The molecular weight excluding hydrogens is 224 g/mol. The molecule has 1 aromatic rings. The van der Waals surface area contributed by atoms with Crippen LogP contribution in [0.25, 0.3) is 0 Å². The molecule has 1 aliphatic carbocycles. The summed E-state index contributed by atoms with van der Waals surface area (Å²) in [6.07, 6.45) is 4.74. The first kappa shape index (κ1) is 13.5. The van der Waals surface area contributed by atoms with Gasteiger partial charge in [-0.2, -0.15) is 0 Å². The van der Waals surface area contributed by atoms with Gasteiger partial charge in [0.25, 0.3) is 0 Å². The molecule has 3 heteroatoms. The van der Waals surface area contributed by atoms with E-state index in [1.807, 2.05) is 0 Å². The number of benzene rings is 1. The van der Waals surface area contributed by atoms with E-state index < -0.39 is 0 Å². The zero-order chi connectivity index (χ0) is 12.8. The average molecular weight is 248 g/mol. The summed E-state index contributed by atoms with van der Waals surface area (Å²) in [5.41, 5.74) is 8.47. The van der Waals surface area contributed by atoms with Crippen molar-refractivity contribution >= 4 is 0 Å². The van der Waals surface area contributed by atoms with Gasteiger partial charge in [-0.1, -0.05) is 24.3 Å². The van der Waals surface area contributed by atoms with E-state index in [4.69, 9.17) is 10.5 Å². The summed E-state index contributed by atoms with van der Waals surface area (Å²) in [5, 5.41) is 3.62. The van der Waals surface area contributed by atoms with E-state index in [1.165, 1.54) is 24.0 Å². The van der Waals surface area contributed by atoms with E-state index >= 15 is 0 Å². The molecule has 1 aromatic carbocycles. The molecule has 100 valence electrons. The molecule has 1 fully saturated rings. The van der Waals surface area contributed by atoms with Crippen LogP contribution >= 0.6 is 0 Å². The second-order valence-electron chi connectivity index (χ2n) is 5.24. The Kier molecular flexibility index (Phi) is 5.17. The third-order valence-electron chi connectivity index (χ3n) is 3.70. The van der Waals surface area contributed by atoms with Gasteiger partial charge in [0, 0.05) is 25.7 Å². The maximum absolute atomic E-state index is 5.91. The Hall–Kier alpha value is -0.900. The summed E-state index contributed by atoms with van der Waals surface area (Å²) < 4.78 is 5.11. The normalized spacial score (nSPS) is 24.1. The highest BCUT2D eigenvalue weighted by molar-refractivity contribution is 5.22. The predicted octanol–water partition coefficient (Wildman–Crippen LogP) is 2.19. The first-order valence-electron chi connectivity index (χ1n) is 6.83. The smallest absolute Gasteiger partial charge is 0.0713 e. The van der Waals surface area contributed by atoms with Gasteiger partial charge in [0.05, 0.1) is 6.61 Å². The van der Waals surface area contributed by atoms with Crippen molar-refractivity contribution in [3.63, 3.8) is 0 Å². The highest BCUT2D eigenvalue weighted by Gasteiger charge is 2.17. The molecule has 1 saturated carbocycles. The van der Waals surface area contributed by atoms with Crippen LogP contribution in [0.5, 0.6) is 0 Å². The predicted molar refractivity (Wildman–Crippen MR) is 74.2 cm³/mol. The van der Waals surface area contributed by atoms with Crippen LogP contribution in [0, 0.1) is 0 Å². The van der Waals surface area contributed by atoms with Crippen LogP contribution in [0.3, 0.4) is 0 Å². The molecule has 0 heterocycles. The van der Waals surface area contributed by atoms with Crippen LogP contribution < -0.4 is 11.1 Å². The molecule has 0 atom stereocenters. The fourth-order valence-corrected chi connectivity index (χ4v) is 2.51. The Morgan fingerprint density at radius 1 is 1.11 bits per heavy atom. The Morgan fingerprint density at radius 2 is 1.72 bits per heavy atom. The number of nitrogens with one attached hydrogen (secondary N) is 1. The Balaban J connectivity index is 1.76. The topological polar surface area (TPSA) is 47.3 Å². The van der Waals surface area contributed by atoms with Gasteiger partial charge >= 0.3 is 0 Å². The second kappa shape index (κ2) is 6.88. The fraction of sp³-hybridized carbons (Fsp3) is 0.600. The fourth-order valence-electron chi connectivity index (χ4n) is 2.51. The van der Waals surface area contributed by atoms with Crippen LogP contribution in [0.15, 0.2) is 24.3 Å². The minimum absolute atomic E-state index is 0.427. The SMILES string of the molecule is COCc1ccc(CNC2CCC(N)CC2)cc1. The van der Waals surface area contributed by atoms with Crippen LogP contribution in [0.1, 0.15) is 36.8 Å². The molecule has 2 rings (SSSR count). The second-order valence-corrected chi connectivity index (χ2v) is 5.24. The zero-order valence-electron chi connectivity index (χ0n) is 11.2. The molecule has 3 N–H and O–H groups in total. The van der Waals surface area contributed by atoms with Gasteiger partial charge in [0.1, 0.15) is 0 Å². The van der Waals surface area contributed by atoms with Gasteiger partial charge < -0.3 is 15.8 Å². The standard InChI is InChI=1S/C15H24N2O/c1-18-11-13-4-2-12(3-5-13)10-17-15-8-6-14(16)7-9-15/h2-5,14-15,17H,6-11,16H2,1H3. The molecule has 0 aromatic heterocycles. The maximum atomic E-state index is 5.91. The number of nitrogens with two attached hydrogens (primary N) is 1. The molecule has 0 amide bonds. The molecule has 18 heavy (non-hydrogen) atoms. The maximum Gasteiger partial charge on any atom is 0.0713 e. The summed E-state index contributed by atoms with van der Waals surface area (Å²) in [7, 11) is 1.73. The van der Waals surface area contributed by atoms with Gasteiger partial charge in [-0.25, -0.2) is 0 Å². The molecule has 0 saturated heterocycles. The van der Waals surface area contributed by atoms with E-state index in [9.17, 15) is 0 Å². The average Bonchev–Trinajstić information content (AvgIpc) is 2.40. The minimum atomic E-state index is 0.427. The third kappa shape index (κ3) is 4.09. The highest BCUT2D eigenvalue weighted by Crippen LogP contribution is 2.17. The van der Waals surface area contributed by atoms with E-state index in [1.54, 1.807) is 7.11 Å². The van der Waals surface area contributed by atoms with Gasteiger partial charge in [-0.15, -0.1) is 0 Å². The van der Waals surface area contributed by atoms with Crippen molar-refractivity contribution in [1.82, 2.24) is 5.32 Å². The molecule has 0 radical (unpaired) electrons. The summed E-state index contributed by atoms with van der Waals surface area (Å²) in [6.45, 7) is 1.64.